The molecule has 1 heterocycles. The zero-order chi connectivity index (χ0) is 17.8. The third-order valence-corrected chi connectivity index (χ3v) is 4.25. The van der Waals surface area contributed by atoms with E-state index in [9.17, 15) is 14.0 Å². The molecular formula is C19H20FN3O2. The van der Waals surface area contributed by atoms with Crippen LogP contribution in [0.4, 0.5) is 20.6 Å². The molecule has 0 radical (unpaired) electrons. The molecule has 25 heavy (non-hydrogen) atoms. The maximum absolute atomic E-state index is 14.0. The van der Waals surface area contributed by atoms with Gasteiger partial charge in [0.1, 0.15) is 11.9 Å². The summed E-state index contributed by atoms with van der Waals surface area (Å²) in [5.41, 5.74) is 1.35. The number of rotatable bonds is 3. The van der Waals surface area contributed by atoms with E-state index in [4.69, 9.17) is 0 Å². The standard InChI is InChI=1S/C19H20FN3O2/c1-13-7-5-10-15(17(13)20)21-19(25)22-16-11-6-12-23(18(16)24)14-8-3-2-4-9-14/h2-5,7-10,16H,6,11-12H2,1H3,(H2,21,22,25). The van der Waals surface area contributed by atoms with Crippen molar-refractivity contribution in [2.45, 2.75) is 25.8 Å². The van der Waals surface area contributed by atoms with Crippen molar-refractivity contribution in [1.29, 1.82) is 0 Å². The molecule has 1 unspecified atom stereocenters. The summed E-state index contributed by atoms with van der Waals surface area (Å²) in [6.45, 7) is 2.25. The summed E-state index contributed by atoms with van der Waals surface area (Å²) < 4.78 is 14.0. The summed E-state index contributed by atoms with van der Waals surface area (Å²) in [4.78, 5) is 26.5. The van der Waals surface area contributed by atoms with E-state index in [1.54, 1.807) is 24.0 Å². The number of benzene rings is 2. The lowest BCUT2D eigenvalue weighted by Gasteiger charge is -2.32. The third kappa shape index (κ3) is 3.79. The quantitative estimate of drug-likeness (QED) is 0.898. The molecule has 1 aliphatic heterocycles. The van der Waals surface area contributed by atoms with E-state index in [0.29, 0.717) is 18.5 Å². The zero-order valence-corrected chi connectivity index (χ0v) is 14.0. The lowest BCUT2D eigenvalue weighted by Crippen LogP contribution is -2.53. The molecule has 2 N–H and O–H groups in total. The van der Waals surface area contributed by atoms with E-state index in [2.05, 4.69) is 10.6 Å². The van der Waals surface area contributed by atoms with E-state index in [0.717, 1.165) is 12.1 Å². The number of nitrogens with zero attached hydrogens (tertiary/aromatic N) is 1. The predicted molar refractivity (Wildman–Crippen MR) is 95.1 cm³/mol. The summed E-state index contributed by atoms with van der Waals surface area (Å²) in [6.07, 6.45) is 1.34. The summed E-state index contributed by atoms with van der Waals surface area (Å²) in [5, 5.41) is 5.13. The number of anilines is 2. The number of carbonyl (C=O) groups is 2. The molecule has 1 saturated heterocycles. The van der Waals surface area contributed by atoms with Crippen LogP contribution < -0.4 is 15.5 Å². The van der Waals surface area contributed by atoms with Crippen LogP contribution in [0.2, 0.25) is 0 Å². The van der Waals surface area contributed by atoms with Crippen LogP contribution in [0.25, 0.3) is 0 Å². The fourth-order valence-corrected chi connectivity index (χ4v) is 2.93. The average molecular weight is 341 g/mol. The van der Waals surface area contributed by atoms with Crippen LogP contribution in [0.5, 0.6) is 0 Å². The van der Waals surface area contributed by atoms with Gasteiger partial charge in [-0.25, -0.2) is 9.18 Å². The Morgan fingerprint density at radius 3 is 2.68 bits per heavy atom. The average Bonchev–Trinajstić information content (AvgIpc) is 2.61. The van der Waals surface area contributed by atoms with Gasteiger partial charge in [0.2, 0.25) is 5.91 Å². The van der Waals surface area contributed by atoms with Gasteiger partial charge in [0.25, 0.3) is 0 Å². The van der Waals surface area contributed by atoms with Gasteiger partial charge in [-0.3, -0.25) is 4.79 Å². The molecule has 2 aromatic rings. The molecule has 1 atom stereocenters. The minimum atomic E-state index is -0.623. The van der Waals surface area contributed by atoms with Crippen molar-refractivity contribution in [3.8, 4) is 0 Å². The molecule has 3 rings (SSSR count). The fraction of sp³-hybridized carbons (Fsp3) is 0.263. The first-order valence-corrected chi connectivity index (χ1v) is 8.25. The Morgan fingerprint density at radius 2 is 1.92 bits per heavy atom. The third-order valence-electron chi connectivity index (χ3n) is 4.25. The van der Waals surface area contributed by atoms with E-state index in [-0.39, 0.29) is 11.6 Å². The second kappa shape index (κ2) is 7.34. The SMILES string of the molecule is Cc1cccc(NC(=O)NC2CCCN(c3ccccc3)C2=O)c1F. The van der Waals surface area contributed by atoms with Crippen LogP contribution in [0.3, 0.4) is 0 Å². The monoisotopic (exact) mass is 341 g/mol. The predicted octanol–water partition coefficient (Wildman–Crippen LogP) is 3.45. The van der Waals surface area contributed by atoms with Gasteiger partial charge in [-0.2, -0.15) is 0 Å². The Kier molecular flexibility index (Phi) is 4.97. The summed E-state index contributed by atoms with van der Waals surface area (Å²) in [7, 11) is 0. The molecule has 1 fully saturated rings. The van der Waals surface area contributed by atoms with Gasteiger partial charge >= 0.3 is 6.03 Å². The largest absolute Gasteiger partial charge is 0.326 e. The molecule has 0 spiro atoms. The normalized spacial score (nSPS) is 17.3. The van der Waals surface area contributed by atoms with E-state index < -0.39 is 17.9 Å². The minimum Gasteiger partial charge on any atom is -0.326 e. The van der Waals surface area contributed by atoms with Crippen LogP contribution in [0, 0.1) is 12.7 Å². The Hall–Kier alpha value is -2.89. The molecule has 6 heteroatoms. The molecule has 1 aliphatic rings. The number of carbonyl (C=O) groups excluding carboxylic acids is 2. The molecule has 0 aliphatic carbocycles. The molecule has 0 saturated carbocycles. The Bertz CT molecular complexity index is 779. The number of amides is 3. The van der Waals surface area contributed by atoms with Crippen LogP contribution in [0.1, 0.15) is 18.4 Å². The van der Waals surface area contributed by atoms with Crippen LogP contribution >= 0.6 is 0 Å². The number of nitrogens with one attached hydrogen (secondary N) is 2. The number of piperidine rings is 1. The Morgan fingerprint density at radius 1 is 1.16 bits per heavy atom. The lowest BCUT2D eigenvalue weighted by atomic mass is 10.0. The van der Waals surface area contributed by atoms with Crippen molar-refractivity contribution in [1.82, 2.24) is 5.32 Å². The number of aryl methyl sites for hydroxylation is 1. The highest BCUT2D eigenvalue weighted by molar-refractivity contribution is 6.01. The molecule has 3 amide bonds. The Balaban J connectivity index is 1.66. The van der Waals surface area contributed by atoms with Crippen molar-refractivity contribution < 1.29 is 14.0 Å². The van der Waals surface area contributed by atoms with Crippen molar-refractivity contribution in [2.24, 2.45) is 0 Å². The summed E-state index contributed by atoms with van der Waals surface area (Å²) in [5.74, 6) is -0.629. The maximum atomic E-state index is 14.0. The van der Waals surface area contributed by atoms with Gasteiger partial charge in [-0.1, -0.05) is 30.3 Å². The molecule has 5 nitrogen and oxygen atoms in total. The summed E-state index contributed by atoms with van der Waals surface area (Å²) in [6, 6.07) is 12.9. The highest BCUT2D eigenvalue weighted by Crippen LogP contribution is 2.21. The highest BCUT2D eigenvalue weighted by atomic mass is 19.1. The molecule has 0 aromatic heterocycles. The highest BCUT2D eigenvalue weighted by Gasteiger charge is 2.30. The topological polar surface area (TPSA) is 61.4 Å². The lowest BCUT2D eigenvalue weighted by molar-refractivity contribution is -0.121. The van der Waals surface area contributed by atoms with Crippen molar-refractivity contribution in [3.05, 3.63) is 59.9 Å². The van der Waals surface area contributed by atoms with Gasteiger partial charge in [-0.15, -0.1) is 0 Å². The second-order valence-corrected chi connectivity index (χ2v) is 6.06. The first-order valence-electron chi connectivity index (χ1n) is 8.25. The number of hydrogen-bond acceptors (Lipinski definition) is 2. The molecule has 2 aromatic carbocycles. The van der Waals surface area contributed by atoms with Gasteiger partial charge < -0.3 is 15.5 Å². The van der Waals surface area contributed by atoms with Crippen LogP contribution in [0.15, 0.2) is 48.5 Å². The van der Waals surface area contributed by atoms with Crippen LogP contribution in [-0.2, 0) is 4.79 Å². The second-order valence-electron chi connectivity index (χ2n) is 6.06. The van der Waals surface area contributed by atoms with Crippen LogP contribution in [-0.4, -0.2) is 24.5 Å². The zero-order valence-electron chi connectivity index (χ0n) is 14.0. The molecular weight excluding hydrogens is 321 g/mol. The van der Waals surface area contributed by atoms with Gasteiger partial charge in [0.05, 0.1) is 5.69 Å². The van der Waals surface area contributed by atoms with Crippen molar-refractivity contribution >= 4 is 23.3 Å². The number of halogens is 1. The van der Waals surface area contributed by atoms with E-state index in [1.165, 1.54) is 6.07 Å². The summed E-state index contributed by atoms with van der Waals surface area (Å²) >= 11 is 0. The van der Waals surface area contributed by atoms with E-state index >= 15 is 0 Å². The van der Waals surface area contributed by atoms with Gasteiger partial charge in [-0.05, 0) is 43.5 Å². The molecule has 0 bridgehead atoms. The van der Waals surface area contributed by atoms with Gasteiger partial charge in [0.15, 0.2) is 0 Å². The van der Waals surface area contributed by atoms with Crippen molar-refractivity contribution in [2.75, 3.05) is 16.8 Å². The fourth-order valence-electron chi connectivity index (χ4n) is 2.93. The minimum absolute atomic E-state index is 0.0978. The van der Waals surface area contributed by atoms with Gasteiger partial charge in [0, 0.05) is 12.2 Å². The smallest absolute Gasteiger partial charge is 0.319 e. The number of urea groups is 1. The van der Waals surface area contributed by atoms with E-state index in [1.807, 2.05) is 30.3 Å². The first-order chi connectivity index (χ1) is 12.1. The van der Waals surface area contributed by atoms with Crippen molar-refractivity contribution in [3.63, 3.8) is 0 Å². The first kappa shape index (κ1) is 17.0. The number of hydrogen-bond donors (Lipinski definition) is 2. The molecule has 130 valence electrons. The maximum Gasteiger partial charge on any atom is 0.319 e. The Labute approximate surface area is 145 Å². The number of para-hydroxylation sites is 1.